The summed E-state index contributed by atoms with van der Waals surface area (Å²) in [5, 5.41) is 8.04. The molecule has 0 aliphatic heterocycles. The number of aryl methyl sites for hydroxylation is 1. The molecule has 2 aromatic rings. The number of carbonyl (C=O) groups is 2. The van der Waals surface area contributed by atoms with Crippen molar-refractivity contribution in [2.24, 2.45) is 0 Å². The minimum Gasteiger partial charge on any atom is -0.298 e. The molecule has 2 rings (SSSR count). The van der Waals surface area contributed by atoms with Gasteiger partial charge in [0.25, 0.3) is 0 Å². The highest BCUT2D eigenvalue weighted by atomic mass is 17.1. The molecular weight excluding hydrogens is 244 g/mol. The number of hydrogen-bond donors (Lipinski definition) is 1. The molecule has 19 heavy (non-hydrogen) atoms. The lowest BCUT2D eigenvalue weighted by Gasteiger charge is -1.98. The number of benzene rings is 2. The third kappa shape index (κ3) is 4.73. The van der Waals surface area contributed by atoms with E-state index >= 15 is 0 Å². The Balaban J connectivity index is 0.000000218. The second-order valence-corrected chi connectivity index (χ2v) is 3.74. The van der Waals surface area contributed by atoms with Crippen molar-refractivity contribution in [2.75, 3.05) is 0 Å². The summed E-state index contributed by atoms with van der Waals surface area (Å²) in [5.41, 5.74) is 1.56. The smallest absolute Gasteiger partial charge is 0.298 e. The highest BCUT2D eigenvalue weighted by Crippen LogP contribution is 2.06. The molecule has 0 amide bonds. The van der Waals surface area contributed by atoms with Crippen LogP contribution >= 0.6 is 0 Å². The fraction of sp³-hybridized carbons (Fsp3) is 0.0667. The van der Waals surface area contributed by atoms with Crippen molar-refractivity contribution in [3.8, 4) is 0 Å². The second-order valence-electron chi connectivity index (χ2n) is 3.74. The van der Waals surface area contributed by atoms with E-state index in [-0.39, 0.29) is 11.1 Å². The summed E-state index contributed by atoms with van der Waals surface area (Å²) >= 11 is 0. The molecule has 2 aromatic carbocycles. The summed E-state index contributed by atoms with van der Waals surface area (Å²) in [6.07, 6.45) is 0.520. The van der Waals surface area contributed by atoms with E-state index in [2.05, 4.69) is 23.9 Å². The Morgan fingerprint density at radius 3 is 2.11 bits per heavy atom. The van der Waals surface area contributed by atoms with Crippen LogP contribution in [0.1, 0.15) is 26.3 Å². The largest absolute Gasteiger partial charge is 0.373 e. The van der Waals surface area contributed by atoms with Gasteiger partial charge in [-0.1, -0.05) is 54.1 Å². The quantitative estimate of drug-likeness (QED) is 0.510. The molecule has 4 heteroatoms. The van der Waals surface area contributed by atoms with Crippen LogP contribution in [0, 0.1) is 6.92 Å². The van der Waals surface area contributed by atoms with Crippen LogP contribution in [0.4, 0.5) is 0 Å². The van der Waals surface area contributed by atoms with Crippen LogP contribution in [0.15, 0.2) is 54.6 Å². The van der Waals surface area contributed by atoms with Crippen LogP contribution < -0.4 is 0 Å². The fourth-order valence-electron chi connectivity index (χ4n) is 1.37. The van der Waals surface area contributed by atoms with E-state index in [1.54, 1.807) is 12.1 Å². The lowest BCUT2D eigenvalue weighted by molar-refractivity contribution is -0.182. The van der Waals surface area contributed by atoms with Gasteiger partial charge in [-0.2, -0.15) is 5.26 Å². The van der Waals surface area contributed by atoms with Gasteiger partial charge in [-0.25, -0.2) is 4.79 Å². The zero-order valence-corrected chi connectivity index (χ0v) is 10.4. The first-order valence-electron chi connectivity index (χ1n) is 5.60. The Morgan fingerprint density at radius 2 is 1.63 bits per heavy atom. The number of aldehydes is 1. The maximum Gasteiger partial charge on any atom is 0.373 e. The van der Waals surface area contributed by atoms with Crippen molar-refractivity contribution in [1.82, 2.24) is 0 Å². The molecule has 0 saturated carbocycles. The van der Waals surface area contributed by atoms with Gasteiger partial charge in [0.05, 0.1) is 5.56 Å². The molecule has 0 aliphatic carbocycles. The minimum atomic E-state index is -0.933. The maximum atomic E-state index is 10.8. The zero-order valence-electron chi connectivity index (χ0n) is 10.4. The van der Waals surface area contributed by atoms with Gasteiger partial charge in [0.2, 0.25) is 0 Å². The first-order chi connectivity index (χ1) is 9.19. The standard InChI is InChI=1S/C8H6O4.C7H8/c9-5-6-3-1-2-4-7(6)8(10)12-11;1-7-5-3-2-4-6-7/h1-5,11H;2-6H,1H3. The van der Waals surface area contributed by atoms with Crippen LogP contribution in [0.2, 0.25) is 0 Å². The first kappa shape index (κ1) is 14.6. The predicted octanol–water partition coefficient (Wildman–Crippen LogP) is 3.12. The average Bonchev–Trinajstić information content (AvgIpc) is 2.48. The van der Waals surface area contributed by atoms with Gasteiger partial charge >= 0.3 is 5.97 Å². The van der Waals surface area contributed by atoms with E-state index in [0.717, 1.165) is 0 Å². The Morgan fingerprint density at radius 1 is 1.05 bits per heavy atom. The van der Waals surface area contributed by atoms with Gasteiger partial charge in [-0.05, 0) is 13.0 Å². The number of hydrogen-bond acceptors (Lipinski definition) is 4. The van der Waals surface area contributed by atoms with Gasteiger partial charge in [-0.15, -0.1) is 0 Å². The van der Waals surface area contributed by atoms with E-state index in [9.17, 15) is 9.59 Å². The highest BCUT2D eigenvalue weighted by molar-refractivity contribution is 5.97. The molecule has 0 aromatic heterocycles. The molecule has 1 N–H and O–H groups in total. The fourth-order valence-corrected chi connectivity index (χ4v) is 1.37. The van der Waals surface area contributed by atoms with E-state index in [1.807, 2.05) is 18.2 Å². The molecule has 0 atom stereocenters. The first-order valence-corrected chi connectivity index (χ1v) is 5.60. The van der Waals surface area contributed by atoms with Crippen molar-refractivity contribution < 1.29 is 19.7 Å². The third-order valence-electron chi connectivity index (χ3n) is 2.33. The lowest BCUT2D eigenvalue weighted by atomic mass is 10.1. The Labute approximate surface area is 111 Å². The maximum absolute atomic E-state index is 10.8. The van der Waals surface area contributed by atoms with Gasteiger partial charge in [0.1, 0.15) is 0 Å². The van der Waals surface area contributed by atoms with Crippen LogP contribution in [0.3, 0.4) is 0 Å². The van der Waals surface area contributed by atoms with Crippen LogP contribution in [-0.4, -0.2) is 17.5 Å². The third-order valence-corrected chi connectivity index (χ3v) is 2.33. The SMILES string of the molecule is Cc1ccccc1.O=Cc1ccccc1C(=O)OO. The van der Waals surface area contributed by atoms with Gasteiger partial charge < -0.3 is 0 Å². The van der Waals surface area contributed by atoms with Gasteiger partial charge in [0, 0.05) is 5.56 Å². The predicted molar refractivity (Wildman–Crippen MR) is 71.1 cm³/mol. The summed E-state index contributed by atoms with van der Waals surface area (Å²) in [6.45, 7) is 2.08. The monoisotopic (exact) mass is 258 g/mol. The molecular formula is C15H14O4. The van der Waals surface area contributed by atoms with E-state index in [1.165, 1.54) is 17.7 Å². The Kier molecular flexibility index (Phi) is 5.98. The molecule has 0 unspecified atom stereocenters. The van der Waals surface area contributed by atoms with Crippen molar-refractivity contribution in [3.05, 3.63) is 71.3 Å². The summed E-state index contributed by atoms with van der Waals surface area (Å²) in [4.78, 5) is 24.6. The molecule has 0 heterocycles. The normalized spacial score (nSPS) is 8.95. The Hall–Kier alpha value is -2.46. The second kappa shape index (κ2) is 7.79. The molecule has 0 aliphatic rings. The number of carbonyl (C=O) groups excluding carboxylic acids is 2. The summed E-state index contributed by atoms with van der Waals surface area (Å²) in [5.74, 6) is -0.933. The van der Waals surface area contributed by atoms with Crippen LogP contribution in [-0.2, 0) is 4.89 Å². The molecule has 0 bridgehead atoms. The summed E-state index contributed by atoms with van der Waals surface area (Å²) < 4.78 is 0. The van der Waals surface area contributed by atoms with Crippen molar-refractivity contribution >= 4 is 12.3 Å². The summed E-state index contributed by atoms with van der Waals surface area (Å²) in [7, 11) is 0. The minimum absolute atomic E-state index is 0.0509. The Bertz CT molecular complexity index is 535. The number of rotatable bonds is 2. The lowest BCUT2D eigenvalue weighted by Crippen LogP contribution is -2.04. The molecule has 0 spiro atoms. The van der Waals surface area contributed by atoms with E-state index in [4.69, 9.17) is 5.26 Å². The van der Waals surface area contributed by atoms with Crippen LogP contribution in [0.25, 0.3) is 0 Å². The molecule has 0 saturated heterocycles. The van der Waals surface area contributed by atoms with Gasteiger partial charge in [-0.3, -0.25) is 9.68 Å². The molecule has 98 valence electrons. The van der Waals surface area contributed by atoms with E-state index < -0.39 is 5.97 Å². The molecule has 0 fully saturated rings. The van der Waals surface area contributed by atoms with Gasteiger partial charge in [0.15, 0.2) is 6.29 Å². The zero-order chi connectivity index (χ0) is 14.1. The van der Waals surface area contributed by atoms with Crippen molar-refractivity contribution in [2.45, 2.75) is 6.92 Å². The van der Waals surface area contributed by atoms with E-state index in [0.29, 0.717) is 6.29 Å². The molecule has 4 nitrogen and oxygen atoms in total. The van der Waals surface area contributed by atoms with Crippen molar-refractivity contribution in [1.29, 1.82) is 0 Å². The highest BCUT2D eigenvalue weighted by Gasteiger charge is 2.10. The van der Waals surface area contributed by atoms with Crippen molar-refractivity contribution in [3.63, 3.8) is 0 Å². The van der Waals surface area contributed by atoms with Crippen LogP contribution in [0.5, 0.6) is 0 Å². The molecule has 0 radical (unpaired) electrons. The average molecular weight is 258 g/mol. The topological polar surface area (TPSA) is 63.6 Å². The summed E-state index contributed by atoms with van der Waals surface area (Å²) in [6, 6.07) is 16.3.